The van der Waals surface area contributed by atoms with Gasteiger partial charge >= 0.3 is 0 Å². The van der Waals surface area contributed by atoms with Crippen molar-refractivity contribution in [2.75, 3.05) is 0 Å². The van der Waals surface area contributed by atoms with Crippen molar-refractivity contribution < 1.29 is 14.0 Å². The highest BCUT2D eigenvalue weighted by Crippen LogP contribution is 2.39. The van der Waals surface area contributed by atoms with Crippen LogP contribution in [0, 0.1) is 19.4 Å². The van der Waals surface area contributed by atoms with Crippen molar-refractivity contribution in [2.45, 2.75) is 65.3 Å². The molecule has 0 bridgehead atoms. The van der Waals surface area contributed by atoms with E-state index >= 15 is 0 Å². The number of nitrogens with zero attached hydrogens (tertiary/aromatic N) is 1. The molecule has 2 aromatic rings. The van der Waals surface area contributed by atoms with Gasteiger partial charge in [0, 0.05) is 5.56 Å². The SMILES string of the molecule is [C-]#[N+]c1ccc(C[C@@H](C(=O)NNC(=O)c2ccccc2)[C@H](C)O[Si](C)(C)C(C)(C)C)c(C)c1Cl. The van der Waals surface area contributed by atoms with E-state index in [0.29, 0.717) is 22.7 Å². The molecule has 0 saturated carbocycles. The summed E-state index contributed by atoms with van der Waals surface area (Å²) in [6.45, 7) is 21.7. The molecule has 0 heterocycles. The monoisotopic (exact) mass is 499 g/mol. The average Bonchev–Trinajstić information content (AvgIpc) is 2.77. The first-order chi connectivity index (χ1) is 15.8. The second-order valence-corrected chi connectivity index (χ2v) is 15.1. The van der Waals surface area contributed by atoms with Crippen LogP contribution < -0.4 is 10.9 Å². The first-order valence-corrected chi connectivity index (χ1v) is 14.6. The van der Waals surface area contributed by atoms with Crippen LogP contribution in [0.2, 0.25) is 23.2 Å². The maximum Gasteiger partial charge on any atom is 0.269 e. The van der Waals surface area contributed by atoms with E-state index in [4.69, 9.17) is 22.6 Å². The van der Waals surface area contributed by atoms with E-state index in [-0.39, 0.29) is 10.9 Å². The zero-order chi connectivity index (χ0) is 25.7. The van der Waals surface area contributed by atoms with Crippen molar-refractivity contribution in [3.8, 4) is 0 Å². The molecule has 2 atom stereocenters. The van der Waals surface area contributed by atoms with Crippen molar-refractivity contribution in [3.63, 3.8) is 0 Å². The molecule has 0 aliphatic rings. The lowest BCUT2D eigenvalue weighted by atomic mass is 9.91. The summed E-state index contributed by atoms with van der Waals surface area (Å²) in [6, 6.07) is 12.2. The number of carbonyl (C=O) groups is 2. The molecule has 0 aliphatic heterocycles. The number of carbonyl (C=O) groups excluding carboxylic acids is 2. The summed E-state index contributed by atoms with van der Waals surface area (Å²) in [6.07, 6.45) is -0.0552. The highest BCUT2D eigenvalue weighted by molar-refractivity contribution is 6.74. The van der Waals surface area contributed by atoms with Crippen LogP contribution in [0.5, 0.6) is 0 Å². The lowest BCUT2D eigenvalue weighted by Crippen LogP contribution is -2.51. The Labute approximate surface area is 209 Å². The minimum Gasteiger partial charge on any atom is -0.413 e. The van der Waals surface area contributed by atoms with Crippen molar-refractivity contribution in [1.82, 2.24) is 10.9 Å². The van der Waals surface area contributed by atoms with E-state index in [0.717, 1.165) is 11.1 Å². The summed E-state index contributed by atoms with van der Waals surface area (Å²) in [5.74, 6) is -1.33. The van der Waals surface area contributed by atoms with Gasteiger partial charge in [-0.25, -0.2) is 4.85 Å². The van der Waals surface area contributed by atoms with Gasteiger partial charge in [0.2, 0.25) is 11.6 Å². The van der Waals surface area contributed by atoms with Crippen LogP contribution in [0.1, 0.15) is 49.2 Å². The molecule has 0 unspecified atom stereocenters. The maximum atomic E-state index is 13.3. The van der Waals surface area contributed by atoms with E-state index < -0.39 is 26.2 Å². The number of rotatable bonds is 7. The van der Waals surface area contributed by atoms with Crippen molar-refractivity contribution in [1.29, 1.82) is 0 Å². The summed E-state index contributed by atoms with van der Waals surface area (Å²) < 4.78 is 6.55. The van der Waals surface area contributed by atoms with E-state index in [1.54, 1.807) is 30.3 Å². The molecule has 0 saturated heterocycles. The summed E-state index contributed by atoms with van der Waals surface area (Å²) in [5.41, 5.74) is 7.54. The van der Waals surface area contributed by atoms with Gasteiger partial charge in [0.15, 0.2) is 8.32 Å². The standard InChI is InChI=1S/C26H34ClN3O3Si/c1-17-20(14-15-22(28-6)23(17)27)16-21(18(2)33-34(7,8)26(3,4)5)25(32)30-29-24(31)19-12-10-9-11-13-19/h9-15,18,21H,16H2,1-5,7-8H3,(H,29,31)(H,30,32)/t18-,21+/m0/s1. The molecule has 2 amide bonds. The molecule has 0 aliphatic carbocycles. The summed E-state index contributed by atoms with van der Waals surface area (Å²) in [5, 5.41) is 0.363. The van der Waals surface area contributed by atoms with Crippen LogP contribution >= 0.6 is 11.6 Å². The van der Waals surface area contributed by atoms with Gasteiger partial charge < -0.3 is 4.43 Å². The molecular weight excluding hydrogens is 466 g/mol. The maximum absolute atomic E-state index is 13.3. The van der Waals surface area contributed by atoms with Crippen LogP contribution in [0.4, 0.5) is 5.69 Å². The van der Waals surface area contributed by atoms with Gasteiger partial charge in [-0.05, 0) is 61.7 Å². The fraction of sp³-hybridized carbons (Fsp3) is 0.423. The highest BCUT2D eigenvalue weighted by Gasteiger charge is 2.41. The first-order valence-electron chi connectivity index (χ1n) is 11.3. The number of nitrogens with one attached hydrogen (secondary N) is 2. The molecule has 2 rings (SSSR count). The molecular formula is C26H34ClN3O3Si. The van der Waals surface area contributed by atoms with Gasteiger partial charge in [0.25, 0.3) is 5.91 Å². The highest BCUT2D eigenvalue weighted by atomic mass is 35.5. The van der Waals surface area contributed by atoms with Crippen LogP contribution in [0.15, 0.2) is 42.5 Å². The second-order valence-electron chi connectivity index (χ2n) is 10.00. The molecule has 8 heteroatoms. The van der Waals surface area contributed by atoms with Crippen molar-refractivity contribution in [2.24, 2.45) is 5.92 Å². The number of halogens is 1. The minimum absolute atomic E-state index is 0.0275. The van der Waals surface area contributed by atoms with Crippen molar-refractivity contribution >= 4 is 37.4 Å². The third kappa shape index (κ3) is 6.69. The van der Waals surface area contributed by atoms with Crippen LogP contribution in [-0.2, 0) is 15.6 Å². The lowest BCUT2D eigenvalue weighted by molar-refractivity contribution is -0.128. The minimum atomic E-state index is -2.16. The average molecular weight is 500 g/mol. The van der Waals surface area contributed by atoms with E-state index in [1.807, 2.05) is 26.0 Å². The molecule has 0 spiro atoms. The predicted octanol–water partition coefficient (Wildman–Crippen LogP) is 6.23. The smallest absolute Gasteiger partial charge is 0.269 e. The van der Waals surface area contributed by atoms with Crippen LogP contribution in [0.25, 0.3) is 4.85 Å². The third-order valence-corrected chi connectivity index (χ3v) is 11.6. The van der Waals surface area contributed by atoms with E-state index in [2.05, 4.69) is 49.6 Å². The molecule has 0 aromatic heterocycles. The Morgan fingerprint density at radius 3 is 2.29 bits per heavy atom. The van der Waals surface area contributed by atoms with E-state index in [1.165, 1.54) is 0 Å². The molecule has 6 nitrogen and oxygen atoms in total. The third-order valence-electron chi connectivity index (χ3n) is 6.56. The summed E-state index contributed by atoms with van der Waals surface area (Å²) in [7, 11) is -2.16. The Morgan fingerprint density at radius 1 is 1.12 bits per heavy atom. The Bertz CT molecular complexity index is 1080. The summed E-state index contributed by atoms with van der Waals surface area (Å²) in [4.78, 5) is 29.2. The molecule has 2 N–H and O–H groups in total. The van der Waals surface area contributed by atoms with Gasteiger partial charge in [-0.3, -0.25) is 20.4 Å². The number of hydrogen-bond acceptors (Lipinski definition) is 3. The lowest BCUT2D eigenvalue weighted by Gasteiger charge is -2.40. The Hall–Kier alpha value is -2.66. The van der Waals surface area contributed by atoms with Gasteiger partial charge in [-0.1, -0.05) is 62.7 Å². The quantitative estimate of drug-likeness (QED) is 0.269. The molecule has 2 aromatic carbocycles. The molecule has 0 fully saturated rings. The molecule has 0 radical (unpaired) electrons. The van der Waals surface area contributed by atoms with Gasteiger partial charge in [0.1, 0.15) is 0 Å². The van der Waals surface area contributed by atoms with Gasteiger partial charge in [-0.2, -0.15) is 0 Å². The van der Waals surface area contributed by atoms with E-state index in [9.17, 15) is 9.59 Å². The van der Waals surface area contributed by atoms with Gasteiger partial charge in [-0.15, -0.1) is 0 Å². The normalized spacial score (nSPS) is 13.5. The zero-order valence-electron chi connectivity index (χ0n) is 21.0. The number of amides is 2. The van der Waals surface area contributed by atoms with Crippen molar-refractivity contribution in [3.05, 3.63) is 75.6 Å². The molecule has 34 heavy (non-hydrogen) atoms. The topological polar surface area (TPSA) is 71.8 Å². The number of benzene rings is 2. The van der Waals surface area contributed by atoms with Crippen LogP contribution in [0.3, 0.4) is 0 Å². The Balaban J connectivity index is 2.29. The summed E-state index contributed by atoms with van der Waals surface area (Å²) >= 11 is 6.38. The fourth-order valence-electron chi connectivity index (χ4n) is 3.32. The number of hydrazine groups is 1. The van der Waals surface area contributed by atoms with Gasteiger partial charge in [0.05, 0.1) is 23.6 Å². The Kier molecular flexibility index (Phi) is 9.06. The molecule has 182 valence electrons. The number of hydrogen-bond donors (Lipinski definition) is 2. The fourth-order valence-corrected chi connectivity index (χ4v) is 5.00. The Morgan fingerprint density at radius 2 is 1.74 bits per heavy atom. The predicted molar refractivity (Wildman–Crippen MR) is 139 cm³/mol. The largest absolute Gasteiger partial charge is 0.413 e. The second kappa shape index (κ2) is 11.2. The zero-order valence-corrected chi connectivity index (χ0v) is 22.7. The first kappa shape index (κ1) is 27.6. The van der Waals surface area contributed by atoms with Crippen LogP contribution in [-0.4, -0.2) is 26.2 Å².